The van der Waals surface area contributed by atoms with Crippen LogP contribution in [0.25, 0.3) is 10.9 Å². The summed E-state index contributed by atoms with van der Waals surface area (Å²) in [6, 6.07) is 14.5. The van der Waals surface area contributed by atoms with Gasteiger partial charge in [-0.1, -0.05) is 35.9 Å². The number of para-hydroxylation sites is 1. The summed E-state index contributed by atoms with van der Waals surface area (Å²) >= 11 is 5.73. The Morgan fingerprint density at radius 3 is 2.80 bits per heavy atom. The number of anilines is 1. The Morgan fingerprint density at radius 1 is 1.10 bits per heavy atom. The van der Waals surface area contributed by atoms with Crippen molar-refractivity contribution in [2.45, 2.75) is 6.54 Å². The Kier molecular flexibility index (Phi) is 3.52. The van der Waals surface area contributed by atoms with Crippen molar-refractivity contribution in [2.24, 2.45) is 0 Å². The largest absolute Gasteiger partial charge is 0.379 e. The minimum Gasteiger partial charge on any atom is -0.379 e. The Morgan fingerprint density at radius 2 is 1.95 bits per heavy atom. The SMILES string of the molecule is Fc1cc(Cl)ccc1NCc1cccc2cccnc12. The van der Waals surface area contributed by atoms with Crippen molar-refractivity contribution < 1.29 is 4.39 Å². The monoisotopic (exact) mass is 286 g/mol. The average molecular weight is 287 g/mol. The summed E-state index contributed by atoms with van der Waals surface area (Å²) in [7, 11) is 0. The van der Waals surface area contributed by atoms with Gasteiger partial charge in [0.25, 0.3) is 0 Å². The van der Waals surface area contributed by atoms with Gasteiger partial charge in [-0.25, -0.2) is 4.39 Å². The van der Waals surface area contributed by atoms with E-state index in [1.165, 1.54) is 6.07 Å². The van der Waals surface area contributed by atoms with E-state index >= 15 is 0 Å². The molecule has 3 aromatic rings. The molecule has 100 valence electrons. The first-order valence-corrected chi connectivity index (χ1v) is 6.63. The minimum atomic E-state index is -0.356. The number of nitrogens with zero attached hydrogens (tertiary/aromatic N) is 1. The van der Waals surface area contributed by atoms with E-state index in [1.807, 2.05) is 30.3 Å². The molecule has 0 unspecified atom stereocenters. The quantitative estimate of drug-likeness (QED) is 0.759. The molecule has 4 heteroatoms. The van der Waals surface area contributed by atoms with Gasteiger partial charge in [0.2, 0.25) is 0 Å². The molecule has 0 radical (unpaired) electrons. The first-order valence-electron chi connectivity index (χ1n) is 6.25. The van der Waals surface area contributed by atoms with E-state index in [4.69, 9.17) is 11.6 Å². The van der Waals surface area contributed by atoms with Gasteiger partial charge in [-0.2, -0.15) is 0 Å². The third kappa shape index (κ3) is 2.58. The molecule has 0 aliphatic carbocycles. The van der Waals surface area contributed by atoms with Crippen LogP contribution in [0.15, 0.2) is 54.7 Å². The molecule has 0 bridgehead atoms. The van der Waals surface area contributed by atoms with Crippen LogP contribution < -0.4 is 5.32 Å². The number of rotatable bonds is 3. The van der Waals surface area contributed by atoms with Crippen LogP contribution in [-0.2, 0) is 6.54 Å². The first kappa shape index (κ1) is 12.9. The third-order valence-electron chi connectivity index (χ3n) is 3.12. The van der Waals surface area contributed by atoms with Gasteiger partial charge in [-0.15, -0.1) is 0 Å². The van der Waals surface area contributed by atoms with Crippen LogP contribution in [-0.4, -0.2) is 4.98 Å². The average Bonchev–Trinajstić information content (AvgIpc) is 2.46. The molecule has 3 rings (SSSR count). The molecule has 0 aliphatic heterocycles. The zero-order valence-electron chi connectivity index (χ0n) is 10.6. The summed E-state index contributed by atoms with van der Waals surface area (Å²) < 4.78 is 13.7. The van der Waals surface area contributed by atoms with Gasteiger partial charge in [0.05, 0.1) is 11.2 Å². The molecular formula is C16H12ClFN2. The number of nitrogens with one attached hydrogen (secondary N) is 1. The van der Waals surface area contributed by atoms with Crippen LogP contribution >= 0.6 is 11.6 Å². The fourth-order valence-electron chi connectivity index (χ4n) is 2.13. The summed E-state index contributed by atoms with van der Waals surface area (Å²) in [6.07, 6.45) is 1.76. The fourth-order valence-corrected chi connectivity index (χ4v) is 2.29. The third-order valence-corrected chi connectivity index (χ3v) is 3.35. The maximum atomic E-state index is 13.7. The first-order chi connectivity index (χ1) is 9.74. The number of aromatic nitrogens is 1. The second-order valence-electron chi connectivity index (χ2n) is 4.47. The normalized spacial score (nSPS) is 10.7. The molecule has 20 heavy (non-hydrogen) atoms. The molecule has 0 saturated heterocycles. The van der Waals surface area contributed by atoms with E-state index in [9.17, 15) is 4.39 Å². The van der Waals surface area contributed by atoms with Crippen LogP contribution in [0.1, 0.15) is 5.56 Å². The van der Waals surface area contributed by atoms with E-state index in [0.29, 0.717) is 17.3 Å². The van der Waals surface area contributed by atoms with Gasteiger partial charge in [0.1, 0.15) is 5.82 Å². The Hall–Kier alpha value is -2.13. The van der Waals surface area contributed by atoms with Crippen molar-refractivity contribution in [1.82, 2.24) is 4.98 Å². The Bertz CT molecular complexity index is 753. The van der Waals surface area contributed by atoms with E-state index in [0.717, 1.165) is 16.5 Å². The second-order valence-corrected chi connectivity index (χ2v) is 4.91. The Balaban J connectivity index is 1.87. The summed E-state index contributed by atoms with van der Waals surface area (Å²) in [6.45, 7) is 0.507. The van der Waals surface area contributed by atoms with Gasteiger partial charge in [0, 0.05) is 23.2 Å². The highest BCUT2D eigenvalue weighted by Gasteiger charge is 2.05. The van der Waals surface area contributed by atoms with E-state index < -0.39 is 0 Å². The molecule has 1 aromatic heterocycles. The van der Waals surface area contributed by atoms with Crippen LogP contribution in [0, 0.1) is 5.82 Å². The van der Waals surface area contributed by atoms with Crippen molar-refractivity contribution in [1.29, 1.82) is 0 Å². The van der Waals surface area contributed by atoms with Gasteiger partial charge in [0.15, 0.2) is 0 Å². The van der Waals surface area contributed by atoms with Crippen LogP contribution in [0.3, 0.4) is 0 Å². The number of fused-ring (bicyclic) bond motifs is 1. The highest BCUT2D eigenvalue weighted by Crippen LogP contribution is 2.21. The number of hydrogen-bond donors (Lipinski definition) is 1. The molecule has 0 aliphatic rings. The molecule has 2 nitrogen and oxygen atoms in total. The molecule has 2 aromatic carbocycles. The summed E-state index contributed by atoms with van der Waals surface area (Å²) in [5.41, 5.74) is 2.39. The lowest BCUT2D eigenvalue weighted by molar-refractivity contribution is 0.630. The van der Waals surface area contributed by atoms with E-state index in [1.54, 1.807) is 18.3 Å². The zero-order valence-corrected chi connectivity index (χ0v) is 11.4. The topological polar surface area (TPSA) is 24.9 Å². The molecular weight excluding hydrogens is 275 g/mol. The minimum absolute atomic E-state index is 0.356. The van der Waals surface area contributed by atoms with Gasteiger partial charge < -0.3 is 5.32 Å². The summed E-state index contributed by atoms with van der Waals surface area (Å²) in [4.78, 5) is 4.38. The molecule has 0 saturated carbocycles. The zero-order chi connectivity index (χ0) is 13.9. The molecule has 0 atom stereocenters. The maximum absolute atomic E-state index is 13.7. The van der Waals surface area contributed by atoms with Crippen molar-refractivity contribution >= 4 is 28.2 Å². The van der Waals surface area contributed by atoms with Crippen molar-refractivity contribution in [3.8, 4) is 0 Å². The lowest BCUT2D eigenvalue weighted by Crippen LogP contribution is -2.02. The highest BCUT2D eigenvalue weighted by atomic mass is 35.5. The number of halogens is 2. The van der Waals surface area contributed by atoms with Crippen LogP contribution in [0.5, 0.6) is 0 Å². The van der Waals surface area contributed by atoms with Crippen LogP contribution in [0.4, 0.5) is 10.1 Å². The lowest BCUT2D eigenvalue weighted by Gasteiger charge is -2.09. The predicted octanol–water partition coefficient (Wildman–Crippen LogP) is 4.64. The second kappa shape index (κ2) is 5.47. The lowest BCUT2D eigenvalue weighted by atomic mass is 10.1. The smallest absolute Gasteiger partial charge is 0.147 e. The molecule has 1 heterocycles. The van der Waals surface area contributed by atoms with Crippen LogP contribution in [0.2, 0.25) is 5.02 Å². The standard InChI is InChI=1S/C16H12ClFN2/c17-13-6-7-15(14(18)9-13)20-10-12-4-1-3-11-5-2-8-19-16(11)12/h1-9,20H,10H2. The summed E-state index contributed by atoms with van der Waals surface area (Å²) in [5.74, 6) is -0.356. The molecule has 1 N–H and O–H groups in total. The van der Waals surface area contributed by atoms with Crippen molar-refractivity contribution in [3.05, 3.63) is 71.1 Å². The molecule has 0 amide bonds. The highest BCUT2D eigenvalue weighted by molar-refractivity contribution is 6.30. The molecule has 0 fully saturated rings. The van der Waals surface area contributed by atoms with Crippen molar-refractivity contribution in [3.63, 3.8) is 0 Å². The predicted molar refractivity (Wildman–Crippen MR) is 80.5 cm³/mol. The van der Waals surface area contributed by atoms with Crippen molar-refractivity contribution in [2.75, 3.05) is 5.32 Å². The fraction of sp³-hybridized carbons (Fsp3) is 0.0625. The number of hydrogen-bond acceptors (Lipinski definition) is 2. The van der Waals surface area contributed by atoms with E-state index in [2.05, 4.69) is 10.3 Å². The summed E-state index contributed by atoms with van der Waals surface area (Å²) in [5, 5.41) is 4.54. The number of pyridine rings is 1. The Labute approximate surface area is 121 Å². The molecule has 0 spiro atoms. The number of benzene rings is 2. The maximum Gasteiger partial charge on any atom is 0.147 e. The van der Waals surface area contributed by atoms with Gasteiger partial charge in [-0.05, 0) is 29.8 Å². The van der Waals surface area contributed by atoms with Gasteiger partial charge >= 0.3 is 0 Å². The van der Waals surface area contributed by atoms with Gasteiger partial charge in [-0.3, -0.25) is 4.98 Å². The van der Waals surface area contributed by atoms with E-state index in [-0.39, 0.29) is 5.82 Å².